The highest BCUT2D eigenvalue weighted by atomic mass is 32.2. The molecule has 0 N–H and O–H groups in total. The number of hydrogen-bond acceptors (Lipinski definition) is 5. The van der Waals surface area contributed by atoms with Gasteiger partial charge in [-0.05, 0) is 30.2 Å². The molecule has 0 radical (unpaired) electrons. The Bertz CT molecular complexity index is 569. The number of rotatable bonds is 5. The zero-order valence-electron chi connectivity index (χ0n) is 11.5. The van der Waals surface area contributed by atoms with E-state index in [9.17, 15) is 0 Å². The lowest BCUT2D eigenvalue weighted by Crippen LogP contribution is -1.96. The molecule has 0 aliphatic heterocycles. The summed E-state index contributed by atoms with van der Waals surface area (Å²) in [6.07, 6.45) is 1.70. The van der Waals surface area contributed by atoms with Gasteiger partial charge in [-0.25, -0.2) is 0 Å². The fraction of sp³-hybridized carbons (Fsp3) is 0.385. The summed E-state index contributed by atoms with van der Waals surface area (Å²) >= 11 is 1.65. The van der Waals surface area contributed by atoms with E-state index >= 15 is 0 Å². The zero-order chi connectivity index (χ0) is 13.8. The predicted octanol–water partition coefficient (Wildman–Crippen LogP) is 2.43. The zero-order valence-corrected chi connectivity index (χ0v) is 12.3. The first kappa shape index (κ1) is 13.7. The number of aromatic nitrogens is 3. The first-order valence-corrected chi connectivity index (χ1v) is 6.82. The van der Waals surface area contributed by atoms with Crippen LogP contribution in [0.3, 0.4) is 0 Å². The summed E-state index contributed by atoms with van der Waals surface area (Å²) in [5.74, 6) is 2.33. The summed E-state index contributed by atoms with van der Waals surface area (Å²) in [7, 11) is 5.22. The van der Waals surface area contributed by atoms with Gasteiger partial charge in [-0.15, -0.1) is 10.2 Å². The number of benzene rings is 1. The molecule has 102 valence electrons. The van der Waals surface area contributed by atoms with Crippen molar-refractivity contribution in [3.63, 3.8) is 0 Å². The minimum atomic E-state index is 0.752. The average Bonchev–Trinajstić information content (AvgIpc) is 2.82. The maximum atomic E-state index is 5.33. The third-order valence-corrected chi connectivity index (χ3v) is 3.95. The Kier molecular flexibility index (Phi) is 4.31. The Balaban J connectivity index is 2.18. The van der Waals surface area contributed by atoms with Crippen LogP contribution in [0.2, 0.25) is 0 Å². The molecule has 0 amide bonds. The normalized spacial score (nSPS) is 10.5. The van der Waals surface area contributed by atoms with Gasteiger partial charge in [-0.1, -0.05) is 11.8 Å². The Morgan fingerprint density at radius 1 is 1.21 bits per heavy atom. The molecular formula is C13H17N3O2S. The fourth-order valence-corrected chi connectivity index (χ4v) is 2.68. The summed E-state index contributed by atoms with van der Waals surface area (Å²) in [4.78, 5) is 0. The lowest BCUT2D eigenvalue weighted by atomic mass is 10.1. The summed E-state index contributed by atoms with van der Waals surface area (Å²) in [6.45, 7) is 2.06. The second-order valence-electron chi connectivity index (χ2n) is 4.15. The largest absolute Gasteiger partial charge is 0.493 e. The number of hydrogen-bond donors (Lipinski definition) is 0. The first-order valence-electron chi connectivity index (χ1n) is 5.84. The minimum Gasteiger partial charge on any atom is -0.493 e. The standard InChI is InChI=1S/C13H17N3O2S/c1-9-5-11(17-3)12(18-4)6-10(9)7-19-13-15-14-8-16(13)2/h5-6,8H,7H2,1-4H3. The molecular weight excluding hydrogens is 262 g/mol. The van der Waals surface area contributed by atoms with Gasteiger partial charge < -0.3 is 14.0 Å². The van der Waals surface area contributed by atoms with Crippen LogP contribution in [0.5, 0.6) is 11.5 Å². The van der Waals surface area contributed by atoms with Crippen LogP contribution in [0.15, 0.2) is 23.6 Å². The Morgan fingerprint density at radius 2 is 1.89 bits per heavy atom. The van der Waals surface area contributed by atoms with Crippen molar-refractivity contribution < 1.29 is 9.47 Å². The Morgan fingerprint density at radius 3 is 2.47 bits per heavy atom. The molecule has 0 fully saturated rings. The van der Waals surface area contributed by atoms with Gasteiger partial charge in [-0.2, -0.15) is 0 Å². The molecule has 2 rings (SSSR count). The molecule has 19 heavy (non-hydrogen) atoms. The molecule has 5 nitrogen and oxygen atoms in total. The molecule has 0 saturated heterocycles. The fourth-order valence-electron chi connectivity index (χ4n) is 1.72. The molecule has 0 atom stereocenters. The van der Waals surface area contributed by atoms with E-state index in [-0.39, 0.29) is 0 Å². The maximum absolute atomic E-state index is 5.33. The van der Waals surface area contributed by atoms with Crippen LogP contribution in [-0.4, -0.2) is 29.0 Å². The van der Waals surface area contributed by atoms with E-state index in [1.54, 1.807) is 32.3 Å². The maximum Gasteiger partial charge on any atom is 0.191 e. The Labute approximate surface area is 116 Å². The van der Waals surface area contributed by atoms with Gasteiger partial charge >= 0.3 is 0 Å². The summed E-state index contributed by atoms with van der Waals surface area (Å²) < 4.78 is 12.5. The van der Waals surface area contributed by atoms with Crippen molar-refractivity contribution in [2.45, 2.75) is 17.8 Å². The molecule has 1 aromatic carbocycles. The van der Waals surface area contributed by atoms with Crippen LogP contribution in [-0.2, 0) is 12.8 Å². The number of methoxy groups -OCH3 is 2. The number of nitrogens with zero attached hydrogens (tertiary/aromatic N) is 3. The SMILES string of the molecule is COc1cc(C)c(CSc2nncn2C)cc1OC. The van der Waals surface area contributed by atoms with E-state index in [0.29, 0.717) is 0 Å². The second-order valence-corrected chi connectivity index (χ2v) is 5.09. The van der Waals surface area contributed by atoms with Crippen molar-refractivity contribution in [3.8, 4) is 11.5 Å². The topological polar surface area (TPSA) is 49.2 Å². The van der Waals surface area contributed by atoms with Crippen LogP contribution >= 0.6 is 11.8 Å². The highest BCUT2D eigenvalue weighted by molar-refractivity contribution is 7.98. The molecule has 6 heteroatoms. The van der Waals surface area contributed by atoms with Crippen LogP contribution in [0.4, 0.5) is 0 Å². The van der Waals surface area contributed by atoms with Gasteiger partial charge in [0, 0.05) is 12.8 Å². The lowest BCUT2D eigenvalue weighted by molar-refractivity contribution is 0.354. The molecule has 0 aliphatic rings. The van der Waals surface area contributed by atoms with Gasteiger partial charge in [-0.3, -0.25) is 0 Å². The average molecular weight is 279 g/mol. The molecule has 0 bridgehead atoms. The number of ether oxygens (including phenoxy) is 2. The second kappa shape index (κ2) is 5.97. The molecule has 0 unspecified atom stereocenters. The van der Waals surface area contributed by atoms with Gasteiger partial charge in [0.15, 0.2) is 16.7 Å². The number of thioether (sulfide) groups is 1. The van der Waals surface area contributed by atoms with Gasteiger partial charge in [0.05, 0.1) is 14.2 Å². The summed E-state index contributed by atoms with van der Waals surface area (Å²) in [5.41, 5.74) is 2.37. The van der Waals surface area contributed by atoms with Crippen molar-refractivity contribution in [1.82, 2.24) is 14.8 Å². The highest BCUT2D eigenvalue weighted by Crippen LogP contribution is 2.32. The quantitative estimate of drug-likeness (QED) is 0.787. The van der Waals surface area contributed by atoms with Crippen molar-refractivity contribution in [2.75, 3.05) is 14.2 Å². The van der Waals surface area contributed by atoms with E-state index in [4.69, 9.17) is 9.47 Å². The van der Waals surface area contributed by atoms with Crippen LogP contribution in [0.1, 0.15) is 11.1 Å². The van der Waals surface area contributed by atoms with Crippen molar-refractivity contribution >= 4 is 11.8 Å². The molecule has 1 aromatic heterocycles. The molecule has 1 heterocycles. The lowest BCUT2D eigenvalue weighted by Gasteiger charge is -2.12. The first-order chi connectivity index (χ1) is 9.15. The van der Waals surface area contributed by atoms with Crippen molar-refractivity contribution in [1.29, 1.82) is 0 Å². The monoisotopic (exact) mass is 279 g/mol. The third-order valence-electron chi connectivity index (χ3n) is 2.87. The van der Waals surface area contributed by atoms with Crippen molar-refractivity contribution in [2.24, 2.45) is 7.05 Å². The van der Waals surface area contributed by atoms with Crippen LogP contribution < -0.4 is 9.47 Å². The Hall–Kier alpha value is -1.69. The summed E-state index contributed by atoms with van der Waals surface area (Å²) in [6, 6.07) is 4.00. The summed E-state index contributed by atoms with van der Waals surface area (Å²) in [5, 5.41) is 8.82. The van der Waals surface area contributed by atoms with Gasteiger partial charge in [0.2, 0.25) is 0 Å². The van der Waals surface area contributed by atoms with E-state index in [0.717, 1.165) is 22.4 Å². The van der Waals surface area contributed by atoms with Gasteiger partial charge in [0.1, 0.15) is 6.33 Å². The van der Waals surface area contributed by atoms with Crippen molar-refractivity contribution in [3.05, 3.63) is 29.6 Å². The van der Waals surface area contributed by atoms with E-state index < -0.39 is 0 Å². The number of aryl methyl sites for hydroxylation is 2. The molecule has 0 saturated carbocycles. The van der Waals surface area contributed by atoms with Crippen LogP contribution in [0.25, 0.3) is 0 Å². The van der Waals surface area contributed by atoms with E-state index in [1.165, 1.54) is 11.1 Å². The molecule has 2 aromatic rings. The van der Waals surface area contributed by atoms with E-state index in [1.807, 2.05) is 23.7 Å². The van der Waals surface area contributed by atoms with E-state index in [2.05, 4.69) is 17.1 Å². The molecule has 0 aliphatic carbocycles. The minimum absolute atomic E-state index is 0.752. The van der Waals surface area contributed by atoms with Crippen LogP contribution in [0, 0.1) is 6.92 Å². The highest BCUT2D eigenvalue weighted by Gasteiger charge is 2.10. The third kappa shape index (κ3) is 3.01. The smallest absolute Gasteiger partial charge is 0.191 e. The predicted molar refractivity (Wildman–Crippen MR) is 74.8 cm³/mol. The molecule has 0 spiro atoms. The van der Waals surface area contributed by atoms with Gasteiger partial charge in [0.25, 0.3) is 0 Å².